The smallest absolute Gasteiger partial charge is 0.0692 e. The Kier molecular flexibility index (Phi) is 3.85. The van der Waals surface area contributed by atoms with Gasteiger partial charge in [-0.1, -0.05) is 40.3 Å². The average molecular weight is 245 g/mol. The fraction of sp³-hybridized carbons (Fsp3) is 0.111. The lowest BCUT2D eigenvalue weighted by atomic mass is 10.2. The van der Waals surface area contributed by atoms with Crippen molar-refractivity contribution in [3.05, 3.63) is 40.2 Å². The van der Waals surface area contributed by atoms with Gasteiger partial charge in [0.1, 0.15) is 0 Å². The molecule has 0 unspecified atom stereocenters. The lowest BCUT2D eigenvalue weighted by Crippen LogP contribution is -1.85. The zero-order chi connectivity index (χ0) is 8.97. The molecule has 1 N–H and O–H groups in total. The fourth-order valence-electron chi connectivity index (χ4n) is 0.858. The van der Waals surface area contributed by atoms with Crippen LogP contribution in [-0.2, 0) is 6.61 Å². The van der Waals surface area contributed by atoms with Crippen molar-refractivity contribution < 1.29 is 5.11 Å². The topological polar surface area (TPSA) is 20.2 Å². The molecule has 0 bridgehead atoms. The van der Waals surface area contributed by atoms with Crippen LogP contribution in [0, 0.1) is 0 Å². The van der Waals surface area contributed by atoms with Crippen LogP contribution in [-0.4, -0.2) is 5.11 Å². The second kappa shape index (κ2) is 4.70. The normalized spacial score (nSPS) is 9.83. The largest absolute Gasteiger partial charge is 0.392 e. The van der Waals surface area contributed by atoms with Gasteiger partial charge in [-0.25, -0.2) is 0 Å². The van der Waals surface area contributed by atoms with Crippen molar-refractivity contribution in [2.75, 3.05) is 0 Å². The third-order valence-corrected chi connectivity index (χ3v) is 2.70. The highest BCUT2D eigenvalue weighted by atomic mass is 79.9. The Morgan fingerprint density at radius 1 is 1.58 bits per heavy atom. The lowest BCUT2D eigenvalue weighted by molar-refractivity contribution is 0.279. The van der Waals surface area contributed by atoms with Gasteiger partial charge in [0.25, 0.3) is 0 Å². The van der Waals surface area contributed by atoms with Gasteiger partial charge >= 0.3 is 0 Å². The zero-order valence-electron chi connectivity index (χ0n) is 6.46. The minimum Gasteiger partial charge on any atom is -0.392 e. The molecule has 3 heteroatoms. The molecule has 1 nitrogen and oxygen atoms in total. The molecule has 1 aromatic rings. The first-order valence-corrected chi connectivity index (χ1v) is 5.12. The first-order chi connectivity index (χ1) is 5.77. The van der Waals surface area contributed by atoms with Gasteiger partial charge in [-0.05, 0) is 23.1 Å². The molecule has 0 aliphatic carbocycles. The summed E-state index contributed by atoms with van der Waals surface area (Å²) in [5.41, 5.74) is 0.933. The third kappa shape index (κ3) is 2.37. The van der Waals surface area contributed by atoms with E-state index in [0.717, 1.165) is 14.9 Å². The lowest BCUT2D eigenvalue weighted by Gasteiger charge is -2.03. The van der Waals surface area contributed by atoms with Gasteiger partial charge in [0.05, 0.1) is 6.61 Å². The van der Waals surface area contributed by atoms with E-state index in [1.165, 1.54) is 11.8 Å². The van der Waals surface area contributed by atoms with Gasteiger partial charge in [0.15, 0.2) is 0 Å². The molecule has 0 atom stereocenters. The number of aliphatic hydroxyl groups is 1. The number of thioether (sulfide) groups is 1. The molecule has 0 spiro atoms. The van der Waals surface area contributed by atoms with Gasteiger partial charge in [-0.15, -0.1) is 0 Å². The summed E-state index contributed by atoms with van der Waals surface area (Å²) >= 11 is 4.88. The number of rotatable bonds is 3. The van der Waals surface area contributed by atoms with Crippen LogP contribution < -0.4 is 0 Å². The molecule has 0 saturated heterocycles. The van der Waals surface area contributed by atoms with Gasteiger partial charge < -0.3 is 5.11 Å². The molecular weight excluding hydrogens is 236 g/mol. The maximum Gasteiger partial charge on any atom is 0.0692 e. The molecule has 1 rings (SSSR count). The average Bonchev–Trinajstić information content (AvgIpc) is 2.05. The molecule has 0 fully saturated rings. The summed E-state index contributed by atoms with van der Waals surface area (Å²) in [5, 5.41) is 10.7. The Labute approximate surface area is 84.6 Å². The summed E-state index contributed by atoms with van der Waals surface area (Å²) in [7, 11) is 0. The number of aliphatic hydroxyl groups excluding tert-OH is 1. The van der Waals surface area contributed by atoms with Crippen LogP contribution in [0.15, 0.2) is 39.6 Å². The monoisotopic (exact) mass is 244 g/mol. The van der Waals surface area contributed by atoms with Crippen molar-refractivity contribution in [2.24, 2.45) is 0 Å². The maximum absolute atomic E-state index is 8.97. The highest BCUT2D eigenvalue weighted by Gasteiger charge is 2.00. The minimum absolute atomic E-state index is 0.0729. The van der Waals surface area contributed by atoms with Crippen LogP contribution in [0.2, 0.25) is 0 Å². The summed E-state index contributed by atoms with van der Waals surface area (Å²) in [6.45, 7) is 3.70. The standard InChI is InChI=1S/C9H9BrOS/c1-2-12-9-5-8(10)4-3-7(9)6-11/h2-5,11H,1,6H2. The number of benzene rings is 1. The quantitative estimate of drug-likeness (QED) is 0.825. The van der Waals surface area contributed by atoms with Gasteiger partial charge in [-0.2, -0.15) is 0 Å². The molecule has 0 heterocycles. The highest BCUT2D eigenvalue weighted by Crippen LogP contribution is 2.26. The van der Waals surface area contributed by atoms with Crippen molar-refractivity contribution in [2.45, 2.75) is 11.5 Å². The van der Waals surface area contributed by atoms with Crippen LogP contribution in [0.4, 0.5) is 0 Å². The highest BCUT2D eigenvalue weighted by molar-refractivity contribution is 9.10. The Hall–Kier alpha value is -0.250. The molecule has 64 valence electrons. The van der Waals surface area contributed by atoms with Crippen LogP contribution >= 0.6 is 27.7 Å². The molecular formula is C9H9BrOS. The van der Waals surface area contributed by atoms with Gasteiger partial charge in [-0.3, -0.25) is 0 Å². The van der Waals surface area contributed by atoms with E-state index in [0.29, 0.717) is 0 Å². The number of hydrogen-bond donors (Lipinski definition) is 1. The van der Waals surface area contributed by atoms with Crippen molar-refractivity contribution >= 4 is 27.7 Å². The molecule has 12 heavy (non-hydrogen) atoms. The Balaban J connectivity index is 3.03. The van der Waals surface area contributed by atoms with Crippen molar-refractivity contribution in [3.63, 3.8) is 0 Å². The van der Waals surface area contributed by atoms with Gasteiger partial charge in [0.2, 0.25) is 0 Å². The summed E-state index contributed by atoms with van der Waals surface area (Å²) in [6.07, 6.45) is 0. The molecule has 1 aromatic carbocycles. The van der Waals surface area contributed by atoms with Crippen LogP contribution in [0.25, 0.3) is 0 Å². The molecule has 0 aliphatic heterocycles. The maximum atomic E-state index is 8.97. The SMILES string of the molecule is C=CSc1cc(Br)ccc1CO. The first kappa shape index (κ1) is 9.84. The molecule has 0 aromatic heterocycles. The van der Waals surface area contributed by atoms with Gasteiger partial charge in [0, 0.05) is 9.37 Å². The predicted molar refractivity (Wildman–Crippen MR) is 56.1 cm³/mol. The van der Waals surface area contributed by atoms with E-state index in [-0.39, 0.29) is 6.61 Å². The van der Waals surface area contributed by atoms with Crippen LogP contribution in [0.5, 0.6) is 0 Å². The van der Waals surface area contributed by atoms with E-state index in [4.69, 9.17) is 5.11 Å². The van der Waals surface area contributed by atoms with Crippen LogP contribution in [0.3, 0.4) is 0 Å². The van der Waals surface area contributed by atoms with Crippen LogP contribution in [0.1, 0.15) is 5.56 Å². The number of halogens is 1. The molecule has 0 aliphatic rings. The molecule has 0 radical (unpaired) electrons. The predicted octanol–water partition coefficient (Wildman–Crippen LogP) is 3.18. The van der Waals surface area contributed by atoms with E-state index >= 15 is 0 Å². The molecule has 0 amide bonds. The third-order valence-electron chi connectivity index (χ3n) is 1.41. The first-order valence-electron chi connectivity index (χ1n) is 3.44. The summed E-state index contributed by atoms with van der Waals surface area (Å²) < 4.78 is 1.02. The van der Waals surface area contributed by atoms with Crippen molar-refractivity contribution in [1.29, 1.82) is 0 Å². The fourth-order valence-corrected chi connectivity index (χ4v) is 2.03. The summed E-state index contributed by atoms with van der Waals surface area (Å²) in [6, 6.07) is 5.78. The van der Waals surface area contributed by atoms with E-state index in [9.17, 15) is 0 Å². The van der Waals surface area contributed by atoms with E-state index in [2.05, 4.69) is 22.5 Å². The second-order valence-electron chi connectivity index (χ2n) is 2.19. The number of hydrogen-bond acceptors (Lipinski definition) is 2. The minimum atomic E-state index is 0.0729. The van der Waals surface area contributed by atoms with Crippen molar-refractivity contribution in [3.8, 4) is 0 Å². The molecule has 0 saturated carbocycles. The zero-order valence-corrected chi connectivity index (χ0v) is 8.86. The van der Waals surface area contributed by atoms with E-state index in [1.54, 1.807) is 5.41 Å². The van der Waals surface area contributed by atoms with Crippen molar-refractivity contribution in [1.82, 2.24) is 0 Å². The summed E-state index contributed by atoms with van der Waals surface area (Å²) in [4.78, 5) is 1.04. The van der Waals surface area contributed by atoms with E-state index in [1.807, 2.05) is 18.2 Å². The Morgan fingerprint density at radius 3 is 2.92 bits per heavy atom. The summed E-state index contributed by atoms with van der Waals surface area (Å²) in [5.74, 6) is 0. The Bertz CT molecular complexity index is 286. The van der Waals surface area contributed by atoms with E-state index < -0.39 is 0 Å². The Morgan fingerprint density at radius 2 is 2.33 bits per heavy atom. The second-order valence-corrected chi connectivity index (χ2v) is 4.12.